The molecule has 1 saturated heterocycles. The van der Waals surface area contributed by atoms with Crippen molar-refractivity contribution >= 4 is 23.4 Å². The molecule has 0 radical (unpaired) electrons. The fraction of sp³-hybridized carbons (Fsp3) is 0.261. The van der Waals surface area contributed by atoms with Gasteiger partial charge in [0.2, 0.25) is 11.8 Å². The van der Waals surface area contributed by atoms with E-state index in [1.165, 1.54) is 4.90 Å². The first-order chi connectivity index (χ1) is 14.0. The number of hydrogen-bond acceptors (Lipinski definition) is 3. The van der Waals surface area contributed by atoms with Gasteiger partial charge in [0.1, 0.15) is 12.2 Å². The molecule has 1 fully saturated rings. The molecule has 6 heteroatoms. The van der Waals surface area contributed by atoms with Crippen LogP contribution in [0.25, 0.3) is 0 Å². The molecule has 1 unspecified atom stereocenters. The van der Waals surface area contributed by atoms with Gasteiger partial charge in [-0.05, 0) is 37.6 Å². The summed E-state index contributed by atoms with van der Waals surface area (Å²) >= 11 is 0. The Hall–Kier alpha value is -3.59. The number of nitrogens with zero attached hydrogens (tertiary/aromatic N) is 2. The summed E-state index contributed by atoms with van der Waals surface area (Å²) in [6.45, 7) is 1.90. The van der Waals surface area contributed by atoms with Crippen molar-refractivity contribution in [1.82, 2.24) is 10.2 Å². The second-order valence-corrected chi connectivity index (χ2v) is 7.30. The Morgan fingerprint density at radius 3 is 2.62 bits per heavy atom. The first-order valence-corrected chi connectivity index (χ1v) is 9.55. The maximum atomic E-state index is 13.1. The van der Waals surface area contributed by atoms with Crippen LogP contribution in [-0.2, 0) is 9.59 Å². The van der Waals surface area contributed by atoms with Gasteiger partial charge in [-0.3, -0.25) is 19.3 Å². The molecule has 0 spiro atoms. The molecule has 6 nitrogen and oxygen atoms in total. The van der Waals surface area contributed by atoms with E-state index in [0.717, 1.165) is 5.56 Å². The molecule has 1 atom stereocenters. The average molecular weight is 387 g/mol. The lowest BCUT2D eigenvalue weighted by Gasteiger charge is -2.48. The lowest BCUT2D eigenvalue weighted by molar-refractivity contribution is -0.123. The second-order valence-electron chi connectivity index (χ2n) is 7.30. The Bertz CT molecular complexity index is 1040. The molecule has 2 aromatic rings. The largest absolute Gasteiger partial charge is 0.344 e. The summed E-state index contributed by atoms with van der Waals surface area (Å²) < 4.78 is 0. The molecule has 1 N–H and O–H groups in total. The predicted octanol–water partition coefficient (Wildman–Crippen LogP) is 2.15. The van der Waals surface area contributed by atoms with E-state index in [0.29, 0.717) is 24.1 Å². The van der Waals surface area contributed by atoms with Crippen molar-refractivity contribution < 1.29 is 14.4 Å². The molecular weight excluding hydrogens is 366 g/mol. The Morgan fingerprint density at radius 2 is 1.83 bits per heavy atom. The van der Waals surface area contributed by atoms with Gasteiger partial charge in [0.25, 0.3) is 5.91 Å². The molecule has 4 rings (SSSR count). The zero-order valence-electron chi connectivity index (χ0n) is 16.1. The molecule has 0 aromatic heterocycles. The lowest BCUT2D eigenvalue weighted by Crippen LogP contribution is -2.63. The number of para-hydroxylation sites is 1. The monoisotopic (exact) mass is 387 g/mol. The smallest absolute Gasteiger partial charge is 0.258 e. The maximum Gasteiger partial charge on any atom is 0.258 e. The lowest BCUT2D eigenvalue weighted by atomic mass is 9.98. The Kier molecular flexibility index (Phi) is 4.81. The fourth-order valence-electron chi connectivity index (χ4n) is 3.95. The van der Waals surface area contributed by atoms with Gasteiger partial charge in [-0.15, -0.1) is 0 Å². The van der Waals surface area contributed by atoms with Crippen LogP contribution in [0.4, 0.5) is 5.69 Å². The van der Waals surface area contributed by atoms with E-state index in [1.54, 1.807) is 23.1 Å². The molecule has 0 aliphatic carbocycles. The normalized spacial score (nSPS) is 19.9. The van der Waals surface area contributed by atoms with E-state index in [9.17, 15) is 14.4 Å². The standard InChI is InChI=1S/C23H21N3O3/c1-23-14-13-21(28)26(23)19-12-6-5-11-18(19)22(29)25(23)16-20(27)24-15-7-10-17-8-3-2-4-9-17/h2-6,8-9,11-12H,13-16H2,1H3,(H,24,27). The van der Waals surface area contributed by atoms with Crippen LogP contribution in [0, 0.1) is 11.8 Å². The summed E-state index contributed by atoms with van der Waals surface area (Å²) in [7, 11) is 0. The molecule has 2 heterocycles. The minimum Gasteiger partial charge on any atom is -0.344 e. The fourth-order valence-corrected chi connectivity index (χ4v) is 3.95. The molecule has 2 aliphatic rings. The van der Waals surface area contributed by atoms with Crippen LogP contribution >= 0.6 is 0 Å². The van der Waals surface area contributed by atoms with Crippen molar-refractivity contribution in [3.63, 3.8) is 0 Å². The third kappa shape index (κ3) is 3.36. The topological polar surface area (TPSA) is 69.7 Å². The highest BCUT2D eigenvalue weighted by molar-refractivity contribution is 6.11. The number of benzene rings is 2. The van der Waals surface area contributed by atoms with Crippen LogP contribution in [0.5, 0.6) is 0 Å². The SMILES string of the molecule is CC12CCC(=O)N1c1ccccc1C(=O)N2CC(=O)NCC#Cc1ccccc1. The highest BCUT2D eigenvalue weighted by atomic mass is 16.2. The Labute approximate surface area is 169 Å². The second kappa shape index (κ2) is 7.44. The van der Waals surface area contributed by atoms with Gasteiger partial charge in [-0.2, -0.15) is 0 Å². The molecule has 0 saturated carbocycles. The third-order valence-corrected chi connectivity index (χ3v) is 5.43. The van der Waals surface area contributed by atoms with Crippen molar-refractivity contribution in [3.05, 3.63) is 65.7 Å². The van der Waals surface area contributed by atoms with E-state index >= 15 is 0 Å². The van der Waals surface area contributed by atoms with E-state index in [1.807, 2.05) is 43.3 Å². The molecule has 0 bridgehead atoms. The molecule has 2 aromatic carbocycles. The third-order valence-electron chi connectivity index (χ3n) is 5.43. The summed E-state index contributed by atoms with van der Waals surface area (Å²) in [6.07, 6.45) is 0.839. The van der Waals surface area contributed by atoms with Crippen molar-refractivity contribution in [3.8, 4) is 11.8 Å². The maximum absolute atomic E-state index is 13.1. The zero-order valence-corrected chi connectivity index (χ0v) is 16.1. The van der Waals surface area contributed by atoms with Crippen LogP contribution in [0.2, 0.25) is 0 Å². The van der Waals surface area contributed by atoms with Gasteiger partial charge in [0, 0.05) is 12.0 Å². The molecule has 2 aliphatic heterocycles. The van der Waals surface area contributed by atoms with E-state index in [-0.39, 0.29) is 30.8 Å². The Morgan fingerprint density at radius 1 is 1.10 bits per heavy atom. The zero-order chi connectivity index (χ0) is 20.4. The van der Waals surface area contributed by atoms with Crippen molar-refractivity contribution in [2.75, 3.05) is 18.0 Å². The van der Waals surface area contributed by atoms with Gasteiger partial charge < -0.3 is 10.2 Å². The van der Waals surface area contributed by atoms with Crippen LogP contribution in [0.15, 0.2) is 54.6 Å². The van der Waals surface area contributed by atoms with Crippen molar-refractivity contribution in [2.24, 2.45) is 0 Å². The van der Waals surface area contributed by atoms with Crippen LogP contribution in [0.1, 0.15) is 35.7 Å². The first kappa shape index (κ1) is 18.8. The number of anilines is 1. The van der Waals surface area contributed by atoms with E-state index in [4.69, 9.17) is 0 Å². The summed E-state index contributed by atoms with van der Waals surface area (Å²) in [5, 5.41) is 2.74. The molecule has 29 heavy (non-hydrogen) atoms. The van der Waals surface area contributed by atoms with Crippen LogP contribution in [0.3, 0.4) is 0 Å². The number of carbonyl (C=O) groups is 3. The quantitative estimate of drug-likeness (QED) is 0.821. The minimum absolute atomic E-state index is 0.0356. The number of rotatable bonds is 3. The summed E-state index contributed by atoms with van der Waals surface area (Å²) in [4.78, 5) is 41.3. The number of amides is 3. The summed E-state index contributed by atoms with van der Waals surface area (Å²) in [5.74, 6) is 5.31. The number of fused-ring (bicyclic) bond motifs is 3. The average Bonchev–Trinajstić information content (AvgIpc) is 3.05. The molecular formula is C23H21N3O3. The minimum atomic E-state index is -0.838. The van der Waals surface area contributed by atoms with Crippen LogP contribution in [-0.4, -0.2) is 41.4 Å². The Balaban J connectivity index is 1.49. The van der Waals surface area contributed by atoms with Crippen LogP contribution < -0.4 is 10.2 Å². The highest BCUT2D eigenvalue weighted by Gasteiger charge is 2.53. The first-order valence-electron chi connectivity index (χ1n) is 9.55. The van der Waals surface area contributed by atoms with E-state index < -0.39 is 5.66 Å². The number of carbonyl (C=O) groups excluding carboxylic acids is 3. The van der Waals surface area contributed by atoms with E-state index in [2.05, 4.69) is 17.2 Å². The predicted molar refractivity (Wildman–Crippen MR) is 109 cm³/mol. The summed E-state index contributed by atoms with van der Waals surface area (Å²) in [6, 6.07) is 16.6. The summed E-state index contributed by atoms with van der Waals surface area (Å²) in [5.41, 5.74) is 1.09. The highest BCUT2D eigenvalue weighted by Crippen LogP contribution is 2.43. The van der Waals surface area contributed by atoms with Gasteiger partial charge >= 0.3 is 0 Å². The van der Waals surface area contributed by atoms with Gasteiger partial charge in [-0.1, -0.05) is 42.2 Å². The van der Waals surface area contributed by atoms with Gasteiger partial charge in [0.05, 0.1) is 17.8 Å². The molecule has 146 valence electrons. The van der Waals surface area contributed by atoms with Crippen molar-refractivity contribution in [2.45, 2.75) is 25.4 Å². The van der Waals surface area contributed by atoms with Crippen molar-refractivity contribution in [1.29, 1.82) is 0 Å². The number of nitrogens with one attached hydrogen (secondary N) is 1. The number of hydrogen-bond donors (Lipinski definition) is 1. The van der Waals surface area contributed by atoms with Gasteiger partial charge in [-0.25, -0.2) is 0 Å². The molecule has 3 amide bonds. The van der Waals surface area contributed by atoms with Gasteiger partial charge in [0.15, 0.2) is 0 Å².